The molecule has 4 nitrogen and oxygen atoms in total. The van der Waals surface area contributed by atoms with Crippen molar-refractivity contribution in [3.8, 4) is 0 Å². The normalized spacial score (nSPS) is 17.5. The molecule has 0 bridgehead atoms. The minimum atomic E-state index is -1.10. The quantitative estimate of drug-likeness (QED) is 0.561. The maximum atomic E-state index is 11.7. The zero-order valence-electron chi connectivity index (χ0n) is 9.74. The summed E-state index contributed by atoms with van der Waals surface area (Å²) in [6, 6.07) is 0. The van der Waals surface area contributed by atoms with Gasteiger partial charge in [0.05, 0.1) is 13.2 Å². The zero-order chi connectivity index (χ0) is 12.1. The summed E-state index contributed by atoms with van der Waals surface area (Å²) in [5.41, 5.74) is 0. The molecule has 0 aliphatic carbocycles. The summed E-state index contributed by atoms with van der Waals surface area (Å²) in [6.45, 7) is 7.15. The highest BCUT2D eigenvalue weighted by Crippen LogP contribution is 2.37. The van der Waals surface area contributed by atoms with Gasteiger partial charge in [-0.25, -0.2) is 4.79 Å². The van der Waals surface area contributed by atoms with E-state index in [1.54, 1.807) is 13.8 Å². The summed E-state index contributed by atoms with van der Waals surface area (Å²) < 4.78 is 16.1. The standard InChI is InChI=1S/C10H19O4P/c1-5-14-9(12)10(4,15-13)8(6-11)7(2)3/h7-8,11H,5-6H2,1-4H3/p+1. The molecule has 0 rings (SSSR count). The van der Waals surface area contributed by atoms with Crippen LogP contribution in [0.15, 0.2) is 0 Å². The van der Waals surface area contributed by atoms with E-state index in [4.69, 9.17) is 4.74 Å². The maximum absolute atomic E-state index is 11.7. The number of rotatable bonds is 6. The Balaban J connectivity index is 4.95. The topological polar surface area (TPSA) is 63.6 Å². The van der Waals surface area contributed by atoms with Gasteiger partial charge in [0.2, 0.25) is 0 Å². The fourth-order valence-corrected chi connectivity index (χ4v) is 2.34. The van der Waals surface area contributed by atoms with E-state index in [0.29, 0.717) is 0 Å². The highest BCUT2D eigenvalue weighted by Gasteiger charge is 2.51. The molecule has 88 valence electrons. The first-order valence-corrected chi connectivity index (χ1v) is 6.02. The molecule has 5 heteroatoms. The second-order valence-electron chi connectivity index (χ2n) is 4.06. The zero-order valence-corrected chi connectivity index (χ0v) is 10.7. The van der Waals surface area contributed by atoms with E-state index in [2.05, 4.69) is 0 Å². The molecule has 0 aliphatic heterocycles. The average Bonchev–Trinajstić information content (AvgIpc) is 2.18. The fourth-order valence-electron chi connectivity index (χ4n) is 1.61. The predicted molar refractivity (Wildman–Crippen MR) is 59.5 cm³/mol. The van der Waals surface area contributed by atoms with Crippen LogP contribution in [-0.4, -0.2) is 29.4 Å². The van der Waals surface area contributed by atoms with Crippen LogP contribution in [0, 0.1) is 11.8 Å². The van der Waals surface area contributed by atoms with Gasteiger partial charge in [0.1, 0.15) is 0 Å². The Kier molecular flexibility index (Phi) is 5.99. The summed E-state index contributed by atoms with van der Waals surface area (Å²) in [5, 5.41) is 8.14. The number of carbonyl (C=O) groups excluding carboxylic acids is 1. The van der Waals surface area contributed by atoms with Crippen LogP contribution in [0.1, 0.15) is 27.7 Å². The van der Waals surface area contributed by atoms with Crippen molar-refractivity contribution in [2.75, 3.05) is 13.2 Å². The molecule has 0 aromatic rings. The Hall–Kier alpha value is -0.470. The van der Waals surface area contributed by atoms with E-state index in [1.165, 1.54) is 0 Å². The van der Waals surface area contributed by atoms with Crippen molar-refractivity contribution in [3.63, 3.8) is 0 Å². The molecular formula is C10H20O4P+. The molecule has 0 spiro atoms. The van der Waals surface area contributed by atoms with Gasteiger partial charge in [-0.1, -0.05) is 18.4 Å². The van der Waals surface area contributed by atoms with E-state index in [1.807, 2.05) is 13.8 Å². The monoisotopic (exact) mass is 235 g/mol. The Labute approximate surface area is 92.2 Å². The van der Waals surface area contributed by atoms with Gasteiger partial charge in [0.25, 0.3) is 5.16 Å². The first kappa shape index (κ1) is 14.5. The van der Waals surface area contributed by atoms with Gasteiger partial charge in [-0.2, -0.15) is 0 Å². The van der Waals surface area contributed by atoms with E-state index < -0.39 is 19.6 Å². The van der Waals surface area contributed by atoms with Crippen molar-refractivity contribution in [2.24, 2.45) is 11.8 Å². The Morgan fingerprint density at radius 1 is 1.53 bits per heavy atom. The maximum Gasteiger partial charge on any atom is 0.361 e. The predicted octanol–water partition coefficient (Wildman–Crippen LogP) is 1.60. The molecule has 0 saturated heterocycles. The SMILES string of the molecule is CCOC(=O)C(C)([PH+]=O)C(CO)C(C)C. The van der Waals surface area contributed by atoms with Crippen molar-refractivity contribution in [3.05, 3.63) is 0 Å². The van der Waals surface area contributed by atoms with Crippen molar-refractivity contribution < 1.29 is 19.2 Å². The van der Waals surface area contributed by atoms with Crippen molar-refractivity contribution >= 4 is 14.4 Å². The lowest BCUT2D eigenvalue weighted by atomic mass is 9.84. The second-order valence-corrected chi connectivity index (χ2v) is 5.30. The molecule has 0 amide bonds. The van der Waals surface area contributed by atoms with Gasteiger partial charge in [-0.3, -0.25) is 0 Å². The van der Waals surface area contributed by atoms with E-state index >= 15 is 0 Å². The lowest BCUT2D eigenvalue weighted by Crippen LogP contribution is -2.43. The van der Waals surface area contributed by atoms with Gasteiger partial charge < -0.3 is 9.84 Å². The molecule has 0 saturated carbocycles. The van der Waals surface area contributed by atoms with Gasteiger partial charge in [-0.05, 0) is 19.8 Å². The van der Waals surface area contributed by atoms with E-state index in [-0.39, 0.29) is 25.0 Å². The lowest BCUT2D eigenvalue weighted by Gasteiger charge is -2.26. The molecule has 15 heavy (non-hydrogen) atoms. The molecule has 1 N–H and O–H groups in total. The number of carbonyl (C=O) groups is 1. The molecule has 0 fully saturated rings. The van der Waals surface area contributed by atoms with Crippen LogP contribution >= 0.6 is 8.46 Å². The fraction of sp³-hybridized carbons (Fsp3) is 0.900. The van der Waals surface area contributed by atoms with Crippen molar-refractivity contribution in [2.45, 2.75) is 32.9 Å². The van der Waals surface area contributed by atoms with Gasteiger partial charge in [-0.15, -0.1) is 0 Å². The minimum Gasteiger partial charge on any atom is -0.462 e. The van der Waals surface area contributed by atoms with Gasteiger partial charge in [0, 0.05) is 5.92 Å². The number of aliphatic hydroxyl groups excluding tert-OH is 1. The summed E-state index contributed by atoms with van der Waals surface area (Å²) in [4.78, 5) is 11.7. The van der Waals surface area contributed by atoms with Crippen LogP contribution in [0.5, 0.6) is 0 Å². The number of hydrogen-bond acceptors (Lipinski definition) is 4. The van der Waals surface area contributed by atoms with Crippen LogP contribution < -0.4 is 0 Å². The third-order valence-corrected chi connectivity index (χ3v) is 3.65. The summed E-state index contributed by atoms with van der Waals surface area (Å²) in [7, 11) is -0.813. The average molecular weight is 235 g/mol. The van der Waals surface area contributed by atoms with Crippen LogP contribution in [0.2, 0.25) is 0 Å². The van der Waals surface area contributed by atoms with Crippen molar-refractivity contribution in [1.82, 2.24) is 0 Å². The van der Waals surface area contributed by atoms with Crippen LogP contribution in [0.25, 0.3) is 0 Å². The van der Waals surface area contributed by atoms with E-state index in [0.717, 1.165) is 0 Å². The molecule has 0 aliphatic rings. The Bertz CT molecular complexity index is 229. The lowest BCUT2D eigenvalue weighted by molar-refractivity contribution is -0.148. The molecule has 0 aromatic carbocycles. The summed E-state index contributed by atoms with van der Waals surface area (Å²) >= 11 is 0. The molecular weight excluding hydrogens is 215 g/mol. The number of hydrogen-bond donors (Lipinski definition) is 1. The van der Waals surface area contributed by atoms with Crippen LogP contribution in [0.4, 0.5) is 0 Å². The first-order valence-electron chi connectivity index (χ1n) is 5.11. The first-order chi connectivity index (χ1) is 6.93. The Morgan fingerprint density at radius 3 is 2.33 bits per heavy atom. The molecule has 0 heterocycles. The summed E-state index contributed by atoms with van der Waals surface area (Å²) in [5.74, 6) is -0.760. The molecule has 3 atom stereocenters. The second kappa shape index (κ2) is 6.19. The van der Waals surface area contributed by atoms with Gasteiger partial charge in [0.15, 0.2) is 0 Å². The molecule has 0 radical (unpaired) electrons. The van der Waals surface area contributed by atoms with E-state index in [9.17, 15) is 14.5 Å². The summed E-state index contributed by atoms with van der Waals surface area (Å²) in [6.07, 6.45) is 0. The number of esters is 1. The Morgan fingerprint density at radius 2 is 2.07 bits per heavy atom. The third kappa shape index (κ3) is 3.25. The number of ether oxygens (including phenoxy) is 1. The highest BCUT2D eigenvalue weighted by molar-refractivity contribution is 7.27. The molecule has 0 aromatic heterocycles. The highest BCUT2D eigenvalue weighted by atomic mass is 31.1. The minimum absolute atomic E-state index is 0.0749. The third-order valence-electron chi connectivity index (χ3n) is 2.65. The largest absolute Gasteiger partial charge is 0.462 e. The van der Waals surface area contributed by atoms with Crippen LogP contribution in [0.3, 0.4) is 0 Å². The number of aliphatic hydroxyl groups is 1. The smallest absolute Gasteiger partial charge is 0.361 e. The van der Waals surface area contributed by atoms with Gasteiger partial charge >= 0.3 is 14.4 Å². The van der Waals surface area contributed by atoms with Crippen molar-refractivity contribution in [1.29, 1.82) is 0 Å². The van der Waals surface area contributed by atoms with Crippen LogP contribution in [-0.2, 0) is 14.1 Å². The molecule has 3 unspecified atom stereocenters.